The van der Waals surface area contributed by atoms with Crippen LogP contribution in [0.2, 0.25) is 0 Å². The van der Waals surface area contributed by atoms with E-state index in [1.807, 2.05) is 37.9 Å². The van der Waals surface area contributed by atoms with Crippen LogP contribution in [0.4, 0.5) is 0 Å². The second-order valence-corrected chi connectivity index (χ2v) is 10.5. The van der Waals surface area contributed by atoms with Gasteiger partial charge in [0.05, 0.1) is 18.0 Å². The average Bonchev–Trinajstić information content (AvgIpc) is 3.19. The Morgan fingerprint density at radius 2 is 1.81 bits per heavy atom. The summed E-state index contributed by atoms with van der Waals surface area (Å²) in [6.07, 6.45) is 3.74. The molecular formula is C24H35N5O2S. The van der Waals surface area contributed by atoms with Crippen LogP contribution in [0.1, 0.15) is 46.1 Å². The summed E-state index contributed by atoms with van der Waals surface area (Å²) in [6.45, 7) is 13.4. The second-order valence-electron chi connectivity index (χ2n) is 9.54. The van der Waals surface area contributed by atoms with Crippen LogP contribution in [0.15, 0.2) is 41.8 Å². The van der Waals surface area contributed by atoms with E-state index in [4.69, 9.17) is 0 Å². The van der Waals surface area contributed by atoms with Gasteiger partial charge in [0.1, 0.15) is 0 Å². The molecular weight excluding hydrogens is 422 g/mol. The first-order valence-corrected chi connectivity index (χ1v) is 12.2. The third-order valence-corrected chi connectivity index (χ3v) is 6.31. The molecule has 0 saturated carbocycles. The number of para-hydroxylation sites is 1. The Labute approximate surface area is 195 Å². The molecule has 7 nitrogen and oxygen atoms in total. The van der Waals surface area contributed by atoms with Gasteiger partial charge >= 0.3 is 0 Å². The summed E-state index contributed by atoms with van der Waals surface area (Å²) in [5, 5.41) is 3.82. The Kier molecular flexibility index (Phi) is 8.00. The second kappa shape index (κ2) is 10.5. The predicted octanol–water partition coefficient (Wildman–Crippen LogP) is 3.15. The molecule has 0 bridgehead atoms. The fourth-order valence-corrected chi connectivity index (χ4v) is 4.68. The minimum absolute atomic E-state index is 0.0290. The molecule has 0 atom stereocenters. The molecule has 1 aromatic carbocycles. The van der Waals surface area contributed by atoms with E-state index >= 15 is 0 Å². The van der Waals surface area contributed by atoms with Gasteiger partial charge in [0.25, 0.3) is 0 Å². The summed E-state index contributed by atoms with van der Waals surface area (Å²) in [7, 11) is 0. The zero-order chi connectivity index (χ0) is 23.3. The van der Waals surface area contributed by atoms with Gasteiger partial charge in [-0.25, -0.2) is 4.98 Å². The van der Waals surface area contributed by atoms with Gasteiger partial charge in [-0.1, -0.05) is 43.8 Å². The first-order valence-electron chi connectivity index (χ1n) is 11.2. The van der Waals surface area contributed by atoms with E-state index in [1.54, 1.807) is 6.20 Å². The van der Waals surface area contributed by atoms with Crippen LogP contribution in [0, 0.1) is 0 Å². The third kappa shape index (κ3) is 6.59. The lowest BCUT2D eigenvalue weighted by Gasteiger charge is -2.34. The maximum absolute atomic E-state index is 12.8. The zero-order valence-electron chi connectivity index (χ0n) is 19.8. The smallest absolute Gasteiger partial charge is 0.234 e. The minimum atomic E-state index is -0.229. The molecule has 174 valence electrons. The third-order valence-electron chi connectivity index (χ3n) is 5.36. The largest absolute Gasteiger partial charge is 0.350 e. The minimum Gasteiger partial charge on any atom is -0.350 e. The molecule has 1 fully saturated rings. The van der Waals surface area contributed by atoms with Crippen LogP contribution in [0.3, 0.4) is 0 Å². The van der Waals surface area contributed by atoms with E-state index in [-0.39, 0.29) is 17.4 Å². The van der Waals surface area contributed by atoms with Crippen molar-refractivity contribution >= 4 is 23.6 Å². The molecule has 2 aromatic rings. The molecule has 0 spiro atoms. The van der Waals surface area contributed by atoms with Crippen molar-refractivity contribution < 1.29 is 9.59 Å². The number of thioether (sulfide) groups is 1. The van der Waals surface area contributed by atoms with Crippen molar-refractivity contribution in [2.24, 2.45) is 0 Å². The van der Waals surface area contributed by atoms with E-state index in [0.717, 1.165) is 10.8 Å². The first kappa shape index (κ1) is 24.3. The van der Waals surface area contributed by atoms with E-state index in [0.29, 0.717) is 44.4 Å². The first-order chi connectivity index (χ1) is 15.1. The Bertz CT molecular complexity index is 926. The van der Waals surface area contributed by atoms with E-state index in [2.05, 4.69) is 51.8 Å². The zero-order valence-corrected chi connectivity index (χ0v) is 20.6. The molecule has 1 aliphatic rings. The lowest BCUT2D eigenvalue weighted by atomic mass is 10.0. The van der Waals surface area contributed by atoms with Crippen LogP contribution >= 0.6 is 11.8 Å². The molecule has 3 rings (SSSR count). The average molecular weight is 458 g/mol. The van der Waals surface area contributed by atoms with Gasteiger partial charge in [-0.2, -0.15) is 0 Å². The Morgan fingerprint density at radius 3 is 2.47 bits per heavy atom. The quantitative estimate of drug-likeness (QED) is 0.647. The van der Waals surface area contributed by atoms with Gasteiger partial charge in [-0.05, 0) is 38.3 Å². The summed E-state index contributed by atoms with van der Waals surface area (Å²) < 4.78 is 2.07. The fourth-order valence-electron chi connectivity index (χ4n) is 3.81. The number of nitrogens with zero attached hydrogens (tertiary/aromatic N) is 4. The molecule has 1 aromatic heterocycles. The van der Waals surface area contributed by atoms with Crippen molar-refractivity contribution in [3.8, 4) is 5.69 Å². The van der Waals surface area contributed by atoms with Crippen molar-refractivity contribution in [2.45, 2.75) is 51.2 Å². The van der Waals surface area contributed by atoms with Gasteiger partial charge in [-0.15, -0.1) is 0 Å². The Hall–Kier alpha value is -2.32. The van der Waals surface area contributed by atoms with Crippen LogP contribution < -0.4 is 5.32 Å². The molecule has 0 unspecified atom stereocenters. The SMILES string of the molecule is CC(C)c1ccccc1-n1ccnc1SCC(=O)N1CCN(CC(=O)NC(C)(C)C)CC1. The number of hydrogen-bond acceptors (Lipinski definition) is 5. The number of carbonyl (C=O) groups is 2. The van der Waals surface area contributed by atoms with E-state index in [1.165, 1.54) is 17.3 Å². The molecule has 1 saturated heterocycles. The van der Waals surface area contributed by atoms with Crippen LogP contribution in [0.25, 0.3) is 5.69 Å². The molecule has 2 amide bonds. The molecule has 1 aliphatic heterocycles. The number of amides is 2. The van der Waals surface area contributed by atoms with Gasteiger partial charge < -0.3 is 10.2 Å². The highest BCUT2D eigenvalue weighted by atomic mass is 32.2. The van der Waals surface area contributed by atoms with Crippen molar-refractivity contribution in [3.05, 3.63) is 42.2 Å². The fraction of sp³-hybridized carbons (Fsp3) is 0.542. The van der Waals surface area contributed by atoms with E-state index in [9.17, 15) is 9.59 Å². The Balaban J connectivity index is 1.52. The van der Waals surface area contributed by atoms with Crippen molar-refractivity contribution in [1.29, 1.82) is 0 Å². The summed E-state index contributed by atoms with van der Waals surface area (Å²) in [6, 6.07) is 8.32. The maximum atomic E-state index is 12.8. The van der Waals surface area contributed by atoms with Gasteiger partial charge in [-0.3, -0.25) is 19.1 Å². The van der Waals surface area contributed by atoms with Crippen LogP contribution in [-0.2, 0) is 9.59 Å². The maximum Gasteiger partial charge on any atom is 0.234 e. The van der Waals surface area contributed by atoms with Gasteiger partial charge in [0, 0.05) is 44.1 Å². The number of piperazine rings is 1. The number of rotatable bonds is 7. The Morgan fingerprint density at radius 1 is 1.12 bits per heavy atom. The highest BCUT2D eigenvalue weighted by molar-refractivity contribution is 7.99. The highest BCUT2D eigenvalue weighted by Gasteiger charge is 2.24. The lowest BCUT2D eigenvalue weighted by Crippen LogP contribution is -2.53. The molecule has 8 heteroatoms. The van der Waals surface area contributed by atoms with E-state index < -0.39 is 0 Å². The number of imidazole rings is 1. The summed E-state index contributed by atoms with van der Waals surface area (Å²) >= 11 is 1.47. The molecule has 0 aliphatic carbocycles. The number of aromatic nitrogens is 2. The molecule has 1 N–H and O–H groups in total. The van der Waals surface area contributed by atoms with Crippen LogP contribution in [0.5, 0.6) is 0 Å². The van der Waals surface area contributed by atoms with Crippen molar-refractivity contribution in [1.82, 2.24) is 24.7 Å². The number of hydrogen-bond donors (Lipinski definition) is 1. The van der Waals surface area contributed by atoms with Gasteiger partial charge in [0.15, 0.2) is 5.16 Å². The molecule has 0 radical (unpaired) electrons. The number of nitrogens with one attached hydrogen (secondary N) is 1. The van der Waals surface area contributed by atoms with Gasteiger partial charge in [0.2, 0.25) is 11.8 Å². The predicted molar refractivity (Wildman–Crippen MR) is 129 cm³/mol. The number of benzene rings is 1. The summed E-state index contributed by atoms with van der Waals surface area (Å²) in [5.74, 6) is 0.891. The topological polar surface area (TPSA) is 70.5 Å². The number of carbonyl (C=O) groups excluding carboxylic acids is 2. The van der Waals surface area contributed by atoms with Crippen molar-refractivity contribution in [3.63, 3.8) is 0 Å². The molecule has 32 heavy (non-hydrogen) atoms. The highest BCUT2D eigenvalue weighted by Crippen LogP contribution is 2.27. The lowest BCUT2D eigenvalue weighted by molar-refractivity contribution is -0.130. The van der Waals surface area contributed by atoms with Crippen LogP contribution in [-0.4, -0.2) is 75.2 Å². The van der Waals surface area contributed by atoms with Crippen molar-refractivity contribution in [2.75, 3.05) is 38.5 Å². The monoisotopic (exact) mass is 457 g/mol. The molecule has 2 heterocycles. The standard InChI is InChI=1S/C24H35N5O2S/c1-18(2)19-8-6-7-9-20(19)29-11-10-25-23(29)32-17-22(31)28-14-12-27(13-15-28)16-21(30)26-24(3,4)5/h6-11,18H,12-17H2,1-5H3,(H,26,30). The summed E-state index contributed by atoms with van der Waals surface area (Å²) in [5.41, 5.74) is 2.13. The normalized spacial score (nSPS) is 15.2. The summed E-state index contributed by atoms with van der Waals surface area (Å²) in [4.78, 5) is 33.4.